The number of carbonyl (C=O) groups is 1. The second-order valence-corrected chi connectivity index (χ2v) is 3.38. The van der Waals surface area contributed by atoms with Crippen molar-refractivity contribution in [3.05, 3.63) is 46.0 Å². The van der Waals surface area contributed by atoms with Crippen LogP contribution in [0.2, 0.25) is 0 Å². The van der Waals surface area contributed by atoms with E-state index in [9.17, 15) is 22.8 Å². The van der Waals surface area contributed by atoms with Gasteiger partial charge in [-0.15, -0.1) is 0 Å². The maximum Gasteiger partial charge on any atom is 0.431 e. The minimum Gasteiger partial charge on any atom is -0.477 e. The van der Waals surface area contributed by atoms with Crippen molar-refractivity contribution >= 4 is 11.6 Å². The van der Waals surface area contributed by atoms with Gasteiger partial charge in [-0.25, -0.2) is 9.78 Å². The summed E-state index contributed by atoms with van der Waals surface area (Å²) in [7, 11) is 0. The van der Waals surface area contributed by atoms with Gasteiger partial charge < -0.3 is 5.11 Å². The first-order valence-corrected chi connectivity index (χ1v) is 4.63. The molecule has 2 heterocycles. The molecule has 0 atom stereocenters. The molecule has 0 radical (unpaired) electrons. The van der Waals surface area contributed by atoms with Crippen molar-refractivity contribution in [1.29, 1.82) is 0 Å². The SMILES string of the molecule is O=C(O)c1cnc2cccc(C(F)(F)F)n2c1=O. The molecular weight excluding hydrogens is 253 g/mol. The van der Waals surface area contributed by atoms with E-state index in [1.165, 1.54) is 6.07 Å². The fraction of sp³-hybridized carbons (Fsp3) is 0.100. The molecule has 2 rings (SSSR count). The summed E-state index contributed by atoms with van der Waals surface area (Å²) in [6, 6.07) is 2.95. The number of aromatic carboxylic acids is 1. The number of fused-ring (bicyclic) bond motifs is 1. The number of carboxylic acid groups (broad SMARTS) is 1. The molecule has 0 unspecified atom stereocenters. The molecule has 0 aliphatic carbocycles. The van der Waals surface area contributed by atoms with Gasteiger partial charge in [-0.3, -0.25) is 9.20 Å². The smallest absolute Gasteiger partial charge is 0.431 e. The number of alkyl halides is 3. The second-order valence-electron chi connectivity index (χ2n) is 3.38. The zero-order chi connectivity index (χ0) is 13.5. The molecular formula is C10H5F3N2O3. The lowest BCUT2D eigenvalue weighted by Gasteiger charge is -2.11. The van der Waals surface area contributed by atoms with Gasteiger partial charge in [-0.1, -0.05) is 6.07 Å². The van der Waals surface area contributed by atoms with E-state index in [1.807, 2.05) is 0 Å². The number of halogens is 3. The molecule has 18 heavy (non-hydrogen) atoms. The van der Waals surface area contributed by atoms with Crippen molar-refractivity contribution in [3.8, 4) is 0 Å². The van der Waals surface area contributed by atoms with Crippen LogP contribution in [0.1, 0.15) is 16.1 Å². The summed E-state index contributed by atoms with van der Waals surface area (Å²) in [6.45, 7) is 0. The van der Waals surface area contributed by atoms with Gasteiger partial charge in [-0.05, 0) is 12.1 Å². The highest BCUT2D eigenvalue weighted by atomic mass is 19.4. The Balaban J connectivity index is 2.95. The van der Waals surface area contributed by atoms with Crippen LogP contribution in [0.4, 0.5) is 13.2 Å². The van der Waals surface area contributed by atoms with E-state index >= 15 is 0 Å². The van der Waals surface area contributed by atoms with Gasteiger partial charge >= 0.3 is 12.1 Å². The zero-order valence-electron chi connectivity index (χ0n) is 8.60. The van der Waals surface area contributed by atoms with E-state index in [1.54, 1.807) is 0 Å². The second kappa shape index (κ2) is 3.83. The first-order valence-electron chi connectivity index (χ1n) is 4.63. The molecule has 2 aromatic rings. The van der Waals surface area contributed by atoms with Crippen molar-refractivity contribution in [3.63, 3.8) is 0 Å². The molecule has 0 fully saturated rings. The number of hydrogen-bond acceptors (Lipinski definition) is 3. The van der Waals surface area contributed by atoms with Gasteiger partial charge in [0, 0.05) is 6.20 Å². The molecule has 0 saturated carbocycles. The van der Waals surface area contributed by atoms with Gasteiger partial charge in [0.25, 0.3) is 5.56 Å². The predicted molar refractivity (Wildman–Crippen MR) is 53.4 cm³/mol. The van der Waals surface area contributed by atoms with Crippen molar-refractivity contribution < 1.29 is 23.1 Å². The van der Waals surface area contributed by atoms with Gasteiger partial charge in [0.05, 0.1) is 0 Å². The Morgan fingerprint density at radius 2 is 2.00 bits per heavy atom. The zero-order valence-corrected chi connectivity index (χ0v) is 8.60. The molecule has 0 amide bonds. The summed E-state index contributed by atoms with van der Waals surface area (Å²) >= 11 is 0. The highest BCUT2D eigenvalue weighted by molar-refractivity contribution is 5.87. The number of hydrogen-bond donors (Lipinski definition) is 1. The van der Waals surface area contributed by atoms with Gasteiger partial charge in [0.2, 0.25) is 0 Å². The standard InChI is InChI=1S/C10H5F3N2O3/c11-10(12,13)6-2-1-3-7-14-4-5(9(17)18)8(16)15(6)7/h1-4H,(H,17,18). The molecule has 0 spiro atoms. The quantitative estimate of drug-likeness (QED) is 0.839. The Morgan fingerprint density at radius 1 is 1.33 bits per heavy atom. The number of carboxylic acids is 1. The van der Waals surface area contributed by atoms with Crippen LogP contribution < -0.4 is 5.56 Å². The predicted octanol–water partition coefficient (Wildman–Crippen LogP) is 1.41. The van der Waals surface area contributed by atoms with Crippen LogP contribution in [-0.4, -0.2) is 20.5 Å². The van der Waals surface area contributed by atoms with Crippen molar-refractivity contribution in [2.75, 3.05) is 0 Å². The molecule has 0 aliphatic heterocycles. The highest BCUT2D eigenvalue weighted by Crippen LogP contribution is 2.28. The fourth-order valence-corrected chi connectivity index (χ4v) is 1.49. The number of aromatic nitrogens is 2. The Bertz CT molecular complexity index is 691. The maximum atomic E-state index is 12.7. The molecule has 0 aromatic carbocycles. The lowest BCUT2D eigenvalue weighted by Crippen LogP contribution is -2.27. The summed E-state index contributed by atoms with van der Waals surface area (Å²) < 4.78 is 38.3. The lowest BCUT2D eigenvalue weighted by atomic mass is 10.3. The summed E-state index contributed by atoms with van der Waals surface area (Å²) in [6.07, 6.45) is -4.04. The van der Waals surface area contributed by atoms with Crippen LogP contribution in [0.25, 0.3) is 5.65 Å². The Kier molecular flexibility index (Phi) is 2.57. The lowest BCUT2D eigenvalue weighted by molar-refractivity contribution is -0.142. The molecule has 0 bridgehead atoms. The third-order valence-corrected chi connectivity index (χ3v) is 2.25. The summed E-state index contributed by atoms with van der Waals surface area (Å²) in [5.74, 6) is -1.63. The number of pyridine rings is 1. The average molecular weight is 258 g/mol. The molecule has 1 N–H and O–H groups in total. The third-order valence-electron chi connectivity index (χ3n) is 2.25. The molecule has 2 aromatic heterocycles. The van der Waals surface area contributed by atoms with E-state index < -0.39 is 29.0 Å². The molecule has 5 nitrogen and oxygen atoms in total. The van der Waals surface area contributed by atoms with E-state index in [-0.39, 0.29) is 10.0 Å². The Morgan fingerprint density at radius 3 is 2.56 bits per heavy atom. The first kappa shape index (κ1) is 12.1. The van der Waals surface area contributed by atoms with Crippen molar-refractivity contribution in [2.45, 2.75) is 6.18 Å². The van der Waals surface area contributed by atoms with E-state index in [0.29, 0.717) is 6.07 Å². The van der Waals surface area contributed by atoms with E-state index in [4.69, 9.17) is 5.11 Å². The summed E-state index contributed by atoms with van der Waals surface area (Å²) in [5.41, 5.74) is -3.61. The van der Waals surface area contributed by atoms with Crippen LogP contribution in [-0.2, 0) is 6.18 Å². The first-order chi connectivity index (χ1) is 8.32. The largest absolute Gasteiger partial charge is 0.477 e. The molecule has 8 heteroatoms. The number of rotatable bonds is 1. The maximum absolute atomic E-state index is 12.7. The summed E-state index contributed by atoms with van der Waals surface area (Å²) in [4.78, 5) is 25.9. The van der Waals surface area contributed by atoms with Crippen LogP contribution in [0, 0.1) is 0 Å². The van der Waals surface area contributed by atoms with Crippen LogP contribution in [0.3, 0.4) is 0 Å². The molecule has 94 valence electrons. The monoisotopic (exact) mass is 258 g/mol. The van der Waals surface area contributed by atoms with E-state index in [2.05, 4.69) is 4.98 Å². The van der Waals surface area contributed by atoms with Crippen molar-refractivity contribution in [1.82, 2.24) is 9.38 Å². The van der Waals surface area contributed by atoms with Crippen LogP contribution >= 0.6 is 0 Å². The minimum absolute atomic E-state index is 0.240. The normalized spacial score (nSPS) is 11.7. The van der Waals surface area contributed by atoms with Gasteiger partial charge in [0.1, 0.15) is 16.9 Å². The molecule has 0 aliphatic rings. The van der Waals surface area contributed by atoms with Crippen LogP contribution in [0.15, 0.2) is 29.2 Å². The molecule has 0 saturated heterocycles. The van der Waals surface area contributed by atoms with Crippen LogP contribution in [0.5, 0.6) is 0 Å². The topological polar surface area (TPSA) is 71.7 Å². The third kappa shape index (κ3) is 1.81. The Labute approximate surface area is 97.1 Å². The van der Waals surface area contributed by atoms with Gasteiger partial charge in [-0.2, -0.15) is 13.2 Å². The minimum atomic E-state index is -4.78. The van der Waals surface area contributed by atoms with Gasteiger partial charge in [0.15, 0.2) is 0 Å². The Hall–Kier alpha value is -2.38. The number of nitrogens with zero attached hydrogens (tertiary/aromatic N) is 2. The average Bonchev–Trinajstić information content (AvgIpc) is 2.27. The van der Waals surface area contributed by atoms with E-state index in [0.717, 1.165) is 12.3 Å². The fourth-order valence-electron chi connectivity index (χ4n) is 1.49. The highest BCUT2D eigenvalue weighted by Gasteiger charge is 2.34. The summed E-state index contributed by atoms with van der Waals surface area (Å²) in [5, 5.41) is 8.68. The van der Waals surface area contributed by atoms with Crippen molar-refractivity contribution in [2.24, 2.45) is 0 Å².